The first-order chi connectivity index (χ1) is 7.69. The van der Waals surface area contributed by atoms with E-state index in [9.17, 15) is 10.1 Å². The summed E-state index contributed by atoms with van der Waals surface area (Å²) in [6, 6.07) is 5.93. The number of non-ortho nitro benzene ring substituents is 1. The fraction of sp³-hybridized carbons (Fsp3) is 0.300. The van der Waals surface area contributed by atoms with Crippen molar-refractivity contribution in [2.75, 3.05) is 13.2 Å². The minimum absolute atomic E-state index is 0.0302. The van der Waals surface area contributed by atoms with Crippen molar-refractivity contribution in [3.05, 3.63) is 33.9 Å². The van der Waals surface area contributed by atoms with Crippen LogP contribution in [0.15, 0.2) is 18.2 Å². The number of aliphatic hydroxyl groups is 1. The second-order valence-electron chi connectivity index (χ2n) is 2.96. The summed E-state index contributed by atoms with van der Waals surface area (Å²) in [4.78, 5) is 9.99. The molecule has 0 aliphatic carbocycles. The van der Waals surface area contributed by atoms with Gasteiger partial charge in [-0.25, -0.2) is 0 Å². The summed E-state index contributed by atoms with van der Waals surface area (Å²) < 4.78 is 5.15. The van der Waals surface area contributed by atoms with Crippen LogP contribution in [0.3, 0.4) is 0 Å². The van der Waals surface area contributed by atoms with Crippen molar-refractivity contribution in [1.82, 2.24) is 0 Å². The predicted octanol–water partition coefficient (Wildman–Crippen LogP) is 1.03. The van der Waals surface area contributed by atoms with Gasteiger partial charge in [0.2, 0.25) is 0 Å². The molecule has 1 aromatic carbocycles. The third kappa shape index (κ3) is 2.93. The molecule has 0 heterocycles. The van der Waals surface area contributed by atoms with Crippen LogP contribution in [0.4, 0.5) is 5.69 Å². The van der Waals surface area contributed by atoms with Crippen molar-refractivity contribution in [2.24, 2.45) is 0 Å². The van der Waals surface area contributed by atoms with Gasteiger partial charge in [0, 0.05) is 17.7 Å². The molecule has 16 heavy (non-hydrogen) atoms. The summed E-state index contributed by atoms with van der Waals surface area (Å²) in [5.74, 6) is 0.390. The maximum Gasteiger partial charge on any atom is 0.270 e. The number of aliphatic hydroxyl groups excluding tert-OH is 1. The normalized spacial score (nSPS) is 9.50. The number of hydrogen-bond donors (Lipinski definition) is 1. The highest BCUT2D eigenvalue weighted by Crippen LogP contribution is 2.24. The van der Waals surface area contributed by atoms with Gasteiger partial charge < -0.3 is 9.84 Å². The fourth-order valence-electron chi connectivity index (χ4n) is 1.20. The van der Waals surface area contributed by atoms with Gasteiger partial charge >= 0.3 is 0 Å². The molecule has 0 amide bonds. The Morgan fingerprint density at radius 1 is 1.56 bits per heavy atom. The number of hydrogen-bond acceptors (Lipinski definition) is 5. The smallest absolute Gasteiger partial charge is 0.270 e. The first-order valence-electron chi connectivity index (χ1n) is 4.57. The second kappa shape index (κ2) is 5.68. The molecule has 0 saturated carbocycles. The van der Waals surface area contributed by atoms with E-state index in [1.54, 1.807) is 0 Å². The third-order valence-corrected chi connectivity index (χ3v) is 1.87. The van der Waals surface area contributed by atoms with E-state index in [-0.39, 0.29) is 25.3 Å². The van der Waals surface area contributed by atoms with Gasteiger partial charge in [-0.1, -0.05) is 0 Å². The van der Waals surface area contributed by atoms with Crippen LogP contribution in [0, 0.1) is 21.4 Å². The lowest BCUT2D eigenvalue weighted by Gasteiger charge is -2.07. The lowest BCUT2D eigenvalue weighted by molar-refractivity contribution is -0.384. The van der Waals surface area contributed by atoms with Crippen molar-refractivity contribution in [3.8, 4) is 11.8 Å². The van der Waals surface area contributed by atoms with E-state index in [0.29, 0.717) is 11.3 Å². The predicted molar refractivity (Wildman–Crippen MR) is 55.0 cm³/mol. The fourth-order valence-corrected chi connectivity index (χ4v) is 1.20. The molecule has 0 saturated heterocycles. The van der Waals surface area contributed by atoms with E-state index in [1.807, 2.05) is 6.07 Å². The summed E-state index contributed by atoms with van der Waals surface area (Å²) >= 11 is 0. The van der Waals surface area contributed by atoms with Crippen LogP contribution < -0.4 is 4.74 Å². The first-order valence-corrected chi connectivity index (χ1v) is 4.57. The number of ether oxygens (including phenoxy) is 1. The van der Waals surface area contributed by atoms with Crippen molar-refractivity contribution in [3.63, 3.8) is 0 Å². The highest BCUT2D eigenvalue weighted by Gasteiger charge is 2.11. The van der Waals surface area contributed by atoms with E-state index < -0.39 is 4.92 Å². The van der Waals surface area contributed by atoms with Crippen LogP contribution in [0.5, 0.6) is 5.75 Å². The summed E-state index contributed by atoms with van der Waals surface area (Å²) in [6.45, 7) is -0.0563. The standard InChI is InChI=1S/C10H10N2O4/c11-4-3-8-7-9(12(14)15)1-2-10(8)16-6-5-13/h1-2,7,13H,3,5-6H2. The average molecular weight is 222 g/mol. The zero-order valence-electron chi connectivity index (χ0n) is 8.42. The summed E-state index contributed by atoms with van der Waals surface area (Å²) in [7, 11) is 0. The Balaban J connectivity index is 3.00. The number of nitro benzene ring substituents is 1. The molecular weight excluding hydrogens is 212 g/mol. The molecule has 0 aromatic heterocycles. The van der Waals surface area contributed by atoms with Crippen molar-refractivity contribution >= 4 is 5.69 Å². The monoisotopic (exact) mass is 222 g/mol. The van der Waals surface area contributed by atoms with E-state index in [4.69, 9.17) is 15.1 Å². The largest absolute Gasteiger partial charge is 0.491 e. The van der Waals surface area contributed by atoms with E-state index in [2.05, 4.69) is 0 Å². The summed E-state index contributed by atoms with van der Waals surface area (Å²) in [6.07, 6.45) is 0.0302. The van der Waals surface area contributed by atoms with E-state index in [1.165, 1.54) is 18.2 Å². The highest BCUT2D eigenvalue weighted by atomic mass is 16.6. The Bertz CT molecular complexity index is 425. The van der Waals surface area contributed by atoms with Gasteiger partial charge in [-0.05, 0) is 6.07 Å². The van der Waals surface area contributed by atoms with Crippen molar-refractivity contribution < 1.29 is 14.8 Å². The zero-order chi connectivity index (χ0) is 12.0. The molecular formula is C10H10N2O4. The van der Waals surface area contributed by atoms with Gasteiger partial charge in [0.1, 0.15) is 12.4 Å². The highest BCUT2D eigenvalue weighted by molar-refractivity contribution is 5.44. The molecule has 0 atom stereocenters. The molecule has 0 aliphatic heterocycles. The van der Waals surface area contributed by atoms with Crippen LogP contribution in [-0.2, 0) is 6.42 Å². The lowest BCUT2D eigenvalue weighted by Crippen LogP contribution is -2.04. The number of nitriles is 1. The van der Waals surface area contributed by atoms with E-state index in [0.717, 1.165) is 0 Å². The molecule has 0 spiro atoms. The summed E-state index contributed by atoms with van der Waals surface area (Å²) in [5.41, 5.74) is 0.367. The third-order valence-electron chi connectivity index (χ3n) is 1.87. The Morgan fingerprint density at radius 3 is 2.88 bits per heavy atom. The Labute approximate surface area is 91.8 Å². The molecule has 6 nitrogen and oxygen atoms in total. The van der Waals surface area contributed by atoms with E-state index >= 15 is 0 Å². The minimum atomic E-state index is -0.531. The Kier molecular flexibility index (Phi) is 4.24. The molecule has 84 valence electrons. The van der Waals surface area contributed by atoms with Crippen molar-refractivity contribution in [1.29, 1.82) is 5.26 Å². The van der Waals surface area contributed by atoms with Crippen LogP contribution in [0.1, 0.15) is 5.56 Å². The van der Waals surface area contributed by atoms with Gasteiger partial charge in [0.05, 0.1) is 24.0 Å². The van der Waals surface area contributed by atoms with Gasteiger partial charge in [-0.2, -0.15) is 5.26 Å². The van der Waals surface area contributed by atoms with Gasteiger partial charge in [-0.3, -0.25) is 10.1 Å². The summed E-state index contributed by atoms with van der Waals surface area (Å²) in [5, 5.41) is 27.7. The Hall–Kier alpha value is -2.13. The molecule has 1 aromatic rings. The number of rotatable bonds is 5. The number of nitrogens with zero attached hydrogens (tertiary/aromatic N) is 2. The second-order valence-corrected chi connectivity index (χ2v) is 2.96. The topological polar surface area (TPSA) is 96.4 Å². The lowest BCUT2D eigenvalue weighted by atomic mass is 10.1. The SMILES string of the molecule is N#CCc1cc([N+](=O)[O-])ccc1OCCO. The van der Waals surface area contributed by atoms with Crippen molar-refractivity contribution in [2.45, 2.75) is 6.42 Å². The molecule has 0 radical (unpaired) electrons. The molecule has 0 aliphatic rings. The van der Waals surface area contributed by atoms with Gasteiger partial charge in [0.15, 0.2) is 0 Å². The molecule has 1 N–H and O–H groups in total. The molecule has 6 heteroatoms. The van der Waals surface area contributed by atoms with Gasteiger partial charge in [-0.15, -0.1) is 0 Å². The maximum atomic E-state index is 10.5. The average Bonchev–Trinajstić information content (AvgIpc) is 2.27. The molecule has 0 unspecified atom stereocenters. The van der Waals surface area contributed by atoms with Crippen LogP contribution in [0.2, 0.25) is 0 Å². The first kappa shape index (κ1) is 11.9. The zero-order valence-corrected chi connectivity index (χ0v) is 8.42. The molecule has 0 bridgehead atoms. The van der Waals surface area contributed by atoms with Crippen LogP contribution in [0.25, 0.3) is 0 Å². The van der Waals surface area contributed by atoms with Crippen LogP contribution in [-0.4, -0.2) is 23.2 Å². The quantitative estimate of drug-likeness (QED) is 0.592. The maximum absolute atomic E-state index is 10.5. The Morgan fingerprint density at radius 2 is 2.31 bits per heavy atom. The number of nitro groups is 1. The van der Waals surface area contributed by atoms with Crippen LogP contribution >= 0.6 is 0 Å². The molecule has 1 rings (SSSR count). The number of benzene rings is 1. The minimum Gasteiger partial charge on any atom is -0.491 e. The molecule has 0 fully saturated rings. The van der Waals surface area contributed by atoms with Gasteiger partial charge in [0.25, 0.3) is 5.69 Å².